The third-order valence-electron chi connectivity index (χ3n) is 2.61. The molecule has 0 fully saturated rings. The van der Waals surface area contributed by atoms with Gasteiger partial charge in [0.25, 0.3) is 0 Å². The van der Waals surface area contributed by atoms with Crippen LogP contribution in [0.25, 0.3) is 0 Å². The number of rotatable bonds is 8. The summed E-state index contributed by atoms with van der Waals surface area (Å²) in [6.07, 6.45) is 3.31. The lowest BCUT2D eigenvalue weighted by atomic mass is 9.92. The van der Waals surface area contributed by atoms with Crippen LogP contribution < -0.4 is 0 Å². The molecule has 0 aliphatic carbocycles. The van der Waals surface area contributed by atoms with Gasteiger partial charge in [0, 0.05) is 6.42 Å². The highest BCUT2D eigenvalue weighted by Crippen LogP contribution is 2.26. The van der Waals surface area contributed by atoms with E-state index in [-0.39, 0.29) is 5.97 Å². The zero-order valence-corrected chi connectivity index (χ0v) is 12.4. The van der Waals surface area contributed by atoms with Crippen molar-refractivity contribution in [2.24, 2.45) is 0 Å². The summed E-state index contributed by atoms with van der Waals surface area (Å²) in [5.74, 6) is -0.311. The van der Waals surface area contributed by atoms with E-state index in [1.165, 1.54) is 0 Å². The van der Waals surface area contributed by atoms with Crippen LogP contribution in [-0.2, 0) is 14.0 Å². The van der Waals surface area contributed by atoms with Crippen LogP contribution in [0.5, 0.6) is 0 Å². The Morgan fingerprint density at radius 1 is 1.44 bits per heavy atom. The second kappa shape index (κ2) is 8.31. The SMILES string of the molecule is CCCCC(CCC#N)(O[SiH3])C(=O)OCC. The minimum Gasteiger partial charge on any atom is -0.464 e. The molecule has 5 heteroatoms. The van der Waals surface area contributed by atoms with Crippen LogP contribution in [0, 0.1) is 11.3 Å². The van der Waals surface area contributed by atoms with Gasteiger partial charge in [-0.05, 0) is 19.8 Å². The van der Waals surface area contributed by atoms with Gasteiger partial charge in [-0.2, -0.15) is 5.26 Å². The summed E-state index contributed by atoms with van der Waals surface area (Å²) in [5, 5.41) is 8.62. The lowest BCUT2D eigenvalue weighted by Crippen LogP contribution is -2.42. The minimum absolute atomic E-state index is 0.311. The summed E-state index contributed by atoms with van der Waals surface area (Å²) in [6.45, 7) is 4.19. The molecule has 1 unspecified atom stereocenters. The molecular formula is C11H21NO3Si. The number of carbonyl (C=O) groups is 1. The van der Waals surface area contributed by atoms with Crippen molar-refractivity contribution in [3.63, 3.8) is 0 Å². The van der Waals surface area contributed by atoms with Crippen LogP contribution in [0.1, 0.15) is 46.0 Å². The lowest BCUT2D eigenvalue weighted by molar-refractivity contribution is -0.163. The number of nitrogens with zero attached hydrogens (tertiary/aromatic N) is 1. The fraction of sp³-hybridized carbons (Fsp3) is 0.818. The van der Waals surface area contributed by atoms with Gasteiger partial charge < -0.3 is 9.16 Å². The highest BCUT2D eigenvalue weighted by Gasteiger charge is 2.38. The van der Waals surface area contributed by atoms with Crippen LogP contribution in [0.2, 0.25) is 0 Å². The Morgan fingerprint density at radius 3 is 2.56 bits per heavy atom. The van der Waals surface area contributed by atoms with Crippen molar-refractivity contribution in [3.05, 3.63) is 0 Å². The van der Waals surface area contributed by atoms with E-state index in [0.717, 1.165) is 12.8 Å². The Labute approximate surface area is 100 Å². The summed E-state index contributed by atoms with van der Waals surface area (Å²) >= 11 is 0. The third kappa shape index (κ3) is 4.33. The first kappa shape index (κ1) is 15.1. The summed E-state index contributed by atoms with van der Waals surface area (Å²) in [5.41, 5.74) is -0.867. The summed E-state index contributed by atoms with van der Waals surface area (Å²) in [6, 6.07) is 2.06. The first-order valence-corrected chi connectivity index (χ1v) is 6.57. The Kier molecular flexibility index (Phi) is 7.86. The Balaban J connectivity index is 4.65. The molecule has 0 spiro atoms. The number of hydrogen-bond donors (Lipinski definition) is 0. The van der Waals surface area contributed by atoms with E-state index in [4.69, 9.17) is 14.4 Å². The van der Waals surface area contributed by atoms with E-state index in [1.54, 1.807) is 6.92 Å². The van der Waals surface area contributed by atoms with E-state index >= 15 is 0 Å². The van der Waals surface area contributed by atoms with Crippen molar-refractivity contribution in [1.82, 2.24) is 0 Å². The van der Waals surface area contributed by atoms with Gasteiger partial charge in [-0.1, -0.05) is 19.8 Å². The fourth-order valence-electron chi connectivity index (χ4n) is 1.60. The molecule has 4 nitrogen and oxygen atoms in total. The molecular weight excluding hydrogens is 222 g/mol. The predicted molar refractivity (Wildman–Crippen MR) is 64.8 cm³/mol. The van der Waals surface area contributed by atoms with Crippen molar-refractivity contribution < 1.29 is 14.0 Å². The highest BCUT2D eigenvalue weighted by molar-refractivity contribution is 6.00. The first-order valence-electron chi connectivity index (χ1n) is 5.76. The van der Waals surface area contributed by atoms with E-state index < -0.39 is 5.60 Å². The zero-order valence-electron chi connectivity index (χ0n) is 10.4. The maximum absolute atomic E-state index is 11.9. The third-order valence-corrected chi connectivity index (χ3v) is 3.39. The van der Waals surface area contributed by atoms with Crippen molar-refractivity contribution in [3.8, 4) is 6.07 Å². The number of unbranched alkanes of at least 4 members (excludes halogenated alkanes) is 1. The summed E-state index contributed by atoms with van der Waals surface area (Å²) in [4.78, 5) is 11.9. The predicted octanol–water partition coefficient (Wildman–Crippen LogP) is 1.08. The number of esters is 1. The van der Waals surface area contributed by atoms with Gasteiger partial charge in [0.2, 0.25) is 0 Å². The maximum Gasteiger partial charge on any atom is 0.337 e. The smallest absolute Gasteiger partial charge is 0.337 e. The number of carbonyl (C=O) groups excluding carboxylic acids is 1. The van der Waals surface area contributed by atoms with E-state index in [9.17, 15) is 4.79 Å². The molecule has 1 atom stereocenters. The second-order valence-corrected chi connectivity index (χ2v) is 4.09. The normalized spacial score (nSPS) is 14.1. The van der Waals surface area contributed by atoms with Crippen molar-refractivity contribution in [2.75, 3.05) is 6.61 Å². The summed E-state index contributed by atoms with van der Waals surface area (Å²) in [7, 11) is 0.474. The van der Waals surface area contributed by atoms with Gasteiger partial charge in [-0.3, -0.25) is 0 Å². The largest absolute Gasteiger partial charge is 0.464 e. The molecule has 0 rings (SSSR count). The number of nitriles is 1. The van der Waals surface area contributed by atoms with Gasteiger partial charge in [0.05, 0.1) is 12.7 Å². The minimum atomic E-state index is -0.867. The highest BCUT2D eigenvalue weighted by atomic mass is 28.2. The molecule has 0 amide bonds. The molecule has 0 saturated heterocycles. The van der Waals surface area contributed by atoms with Crippen molar-refractivity contribution >= 4 is 16.5 Å². The average molecular weight is 243 g/mol. The van der Waals surface area contributed by atoms with E-state index in [1.807, 2.05) is 0 Å². The molecule has 0 saturated carbocycles. The van der Waals surface area contributed by atoms with Gasteiger partial charge in [-0.25, -0.2) is 4.79 Å². The topological polar surface area (TPSA) is 59.3 Å². The molecule has 0 aromatic rings. The maximum atomic E-state index is 11.9. The van der Waals surface area contributed by atoms with Gasteiger partial charge in [-0.15, -0.1) is 0 Å². The number of ether oxygens (including phenoxy) is 1. The molecule has 0 aliphatic rings. The van der Waals surface area contributed by atoms with Gasteiger partial charge >= 0.3 is 5.97 Å². The number of hydrogen-bond acceptors (Lipinski definition) is 4. The molecule has 0 N–H and O–H groups in total. The summed E-state index contributed by atoms with van der Waals surface area (Å²) < 4.78 is 10.5. The Hall–Kier alpha value is -0.863. The van der Waals surface area contributed by atoms with Gasteiger partial charge in [0.1, 0.15) is 10.5 Å². The van der Waals surface area contributed by atoms with Gasteiger partial charge in [0.15, 0.2) is 5.60 Å². The quantitative estimate of drug-likeness (QED) is 0.473. The first-order chi connectivity index (χ1) is 7.66. The monoisotopic (exact) mass is 243 g/mol. The molecule has 16 heavy (non-hydrogen) atoms. The fourth-order valence-corrected chi connectivity index (χ4v) is 2.17. The molecule has 0 aromatic heterocycles. The second-order valence-electron chi connectivity index (χ2n) is 3.68. The molecule has 0 bridgehead atoms. The van der Waals surface area contributed by atoms with E-state index in [2.05, 4.69) is 13.0 Å². The van der Waals surface area contributed by atoms with Crippen molar-refractivity contribution in [2.45, 2.75) is 51.6 Å². The Morgan fingerprint density at radius 2 is 2.12 bits per heavy atom. The van der Waals surface area contributed by atoms with Crippen LogP contribution in [0.4, 0.5) is 0 Å². The molecule has 0 aromatic carbocycles. The lowest BCUT2D eigenvalue weighted by Gasteiger charge is -2.29. The van der Waals surface area contributed by atoms with Crippen molar-refractivity contribution in [1.29, 1.82) is 5.26 Å². The standard InChI is InChI=1S/C11H21NO3Si/c1-3-5-7-11(15-16,8-6-9-12)10(13)14-4-2/h3-8H2,1-2,16H3. The molecule has 0 aliphatic heterocycles. The average Bonchev–Trinajstić information content (AvgIpc) is 2.30. The van der Waals surface area contributed by atoms with Crippen LogP contribution >= 0.6 is 0 Å². The molecule has 0 radical (unpaired) electrons. The van der Waals surface area contributed by atoms with Crippen LogP contribution in [-0.4, -0.2) is 28.7 Å². The van der Waals surface area contributed by atoms with Crippen LogP contribution in [0.3, 0.4) is 0 Å². The Bertz CT molecular complexity index is 252. The molecule has 92 valence electrons. The molecule has 0 heterocycles. The zero-order chi connectivity index (χ0) is 12.4. The van der Waals surface area contributed by atoms with Crippen LogP contribution in [0.15, 0.2) is 0 Å². The van der Waals surface area contributed by atoms with E-state index in [0.29, 0.717) is 36.4 Å².